The van der Waals surface area contributed by atoms with E-state index in [0.717, 1.165) is 19.4 Å². The molecule has 1 amide bonds. The van der Waals surface area contributed by atoms with Gasteiger partial charge in [-0.15, -0.1) is 0 Å². The van der Waals surface area contributed by atoms with Crippen molar-refractivity contribution in [1.29, 1.82) is 0 Å². The molecule has 1 heterocycles. The summed E-state index contributed by atoms with van der Waals surface area (Å²) in [5.41, 5.74) is 0.568. The fraction of sp³-hybridized carbons (Fsp3) is 0.643. The number of carboxylic acids is 1. The molecule has 1 aromatic rings. The van der Waals surface area contributed by atoms with Gasteiger partial charge in [-0.2, -0.15) is 5.10 Å². The van der Waals surface area contributed by atoms with Gasteiger partial charge in [0.05, 0.1) is 18.3 Å². The summed E-state index contributed by atoms with van der Waals surface area (Å²) < 4.78 is 1.71. The molecule has 0 unspecified atom stereocenters. The SMILES string of the molecule is CCN(CC(=O)O)C1CC(NC(=O)c2cnn(CC)c2)C1. The van der Waals surface area contributed by atoms with Crippen LogP contribution in [0.2, 0.25) is 0 Å². The number of likely N-dealkylation sites (N-methyl/N-ethyl adjacent to an activating group) is 1. The lowest BCUT2D eigenvalue weighted by molar-refractivity contribution is -0.139. The number of rotatable bonds is 7. The van der Waals surface area contributed by atoms with Gasteiger partial charge in [0.25, 0.3) is 5.91 Å². The standard InChI is InChI=1S/C14H22N4O3/c1-3-17(9-13(19)20)12-5-11(6-12)16-14(21)10-7-15-18(4-2)8-10/h7-8,11-12H,3-6,9H2,1-2H3,(H,16,21)(H,19,20). The Hall–Kier alpha value is -1.89. The van der Waals surface area contributed by atoms with Crippen LogP contribution in [0.4, 0.5) is 0 Å². The van der Waals surface area contributed by atoms with Crippen molar-refractivity contribution >= 4 is 11.9 Å². The molecule has 7 heteroatoms. The first-order valence-corrected chi connectivity index (χ1v) is 7.32. The van der Waals surface area contributed by atoms with E-state index in [9.17, 15) is 9.59 Å². The average Bonchev–Trinajstić information content (AvgIpc) is 2.88. The van der Waals surface area contributed by atoms with Gasteiger partial charge in [0.2, 0.25) is 0 Å². The highest BCUT2D eigenvalue weighted by atomic mass is 16.4. The molecule has 1 saturated carbocycles. The summed E-state index contributed by atoms with van der Waals surface area (Å²) in [6.07, 6.45) is 4.90. The molecule has 116 valence electrons. The maximum atomic E-state index is 12.0. The molecule has 2 N–H and O–H groups in total. The van der Waals surface area contributed by atoms with E-state index in [1.807, 2.05) is 18.7 Å². The number of amides is 1. The number of aliphatic carboxylic acids is 1. The first-order chi connectivity index (χ1) is 10.0. The first-order valence-electron chi connectivity index (χ1n) is 7.32. The zero-order valence-electron chi connectivity index (χ0n) is 12.5. The quantitative estimate of drug-likeness (QED) is 0.767. The van der Waals surface area contributed by atoms with Crippen LogP contribution in [-0.2, 0) is 11.3 Å². The van der Waals surface area contributed by atoms with Gasteiger partial charge < -0.3 is 10.4 Å². The van der Waals surface area contributed by atoms with E-state index in [-0.39, 0.29) is 24.5 Å². The minimum atomic E-state index is -0.809. The molecule has 1 aliphatic carbocycles. The monoisotopic (exact) mass is 294 g/mol. The summed E-state index contributed by atoms with van der Waals surface area (Å²) in [7, 11) is 0. The van der Waals surface area contributed by atoms with Crippen LogP contribution in [-0.4, -0.2) is 56.8 Å². The molecule has 0 aromatic carbocycles. The molecule has 1 fully saturated rings. The second-order valence-corrected chi connectivity index (χ2v) is 5.34. The Kier molecular flexibility index (Phi) is 4.95. The van der Waals surface area contributed by atoms with Crippen LogP contribution in [0, 0.1) is 0 Å². The van der Waals surface area contributed by atoms with Gasteiger partial charge in [0, 0.05) is 24.8 Å². The second kappa shape index (κ2) is 6.71. The van der Waals surface area contributed by atoms with Crippen molar-refractivity contribution < 1.29 is 14.7 Å². The molecule has 0 spiro atoms. The number of nitrogens with zero attached hydrogens (tertiary/aromatic N) is 3. The highest BCUT2D eigenvalue weighted by molar-refractivity contribution is 5.93. The fourth-order valence-electron chi connectivity index (χ4n) is 2.60. The predicted octanol–water partition coefficient (Wildman–Crippen LogP) is 0.570. The van der Waals surface area contributed by atoms with E-state index in [1.54, 1.807) is 17.1 Å². The summed E-state index contributed by atoms with van der Waals surface area (Å²) in [4.78, 5) is 24.7. The zero-order chi connectivity index (χ0) is 15.4. The highest BCUT2D eigenvalue weighted by Gasteiger charge is 2.34. The van der Waals surface area contributed by atoms with E-state index in [2.05, 4.69) is 10.4 Å². The van der Waals surface area contributed by atoms with Crippen molar-refractivity contribution in [3.05, 3.63) is 18.0 Å². The Labute approximate surface area is 123 Å². The van der Waals surface area contributed by atoms with Crippen LogP contribution in [0.1, 0.15) is 37.0 Å². The van der Waals surface area contributed by atoms with E-state index in [4.69, 9.17) is 5.11 Å². The number of hydrogen-bond donors (Lipinski definition) is 2. The van der Waals surface area contributed by atoms with Crippen LogP contribution in [0.25, 0.3) is 0 Å². The van der Waals surface area contributed by atoms with E-state index in [0.29, 0.717) is 12.1 Å². The lowest BCUT2D eigenvalue weighted by Crippen LogP contribution is -2.54. The van der Waals surface area contributed by atoms with Crippen LogP contribution >= 0.6 is 0 Å². The molecule has 2 rings (SSSR count). The minimum Gasteiger partial charge on any atom is -0.480 e. The predicted molar refractivity (Wildman–Crippen MR) is 77.1 cm³/mol. The normalized spacial score (nSPS) is 21.1. The third-order valence-corrected chi connectivity index (χ3v) is 3.93. The Morgan fingerprint density at radius 3 is 2.71 bits per heavy atom. The second-order valence-electron chi connectivity index (χ2n) is 5.34. The Balaban J connectivity index is 1.79. The van der Waals surface area contributed by atoms with Crippen molar-refractivity contribution in [3.63, 3.8) is 0 Å². The Morgan fingerprint density at radius 1 is 1.48 bits per heavy atom. The molecule has 21 heavy (non-hydrogen) atoms. The maximum Gasteiger partial charge on any atom is 0.317 e. The third kappa shape index (κ3) is 3.81. The number of nitrogens with one attached hydrogen (secondary N) is 1. The summed E-state index contributed by atoms with van der Waals surface area (Å²) in [5, 5.41) is 15.9. The van der Waals surface area contributed by atoms with Gasteiger partial charge in [-0.3, -0.25) is 19.2 Å². The summed E-state index contributed by atoms with van der Waals surface area (Å²) in [6, 6.07) is 0.366. The first kappa shape index (κ1) is 15.5. The molecular weight excluding hydrogens is 272 g/mol. The van der Waals surface area contributed by atoms with E-state index < -0.39 is 5.97 Å². The molecule has 0 saturated heterocycles. The van der Waals surface area contributed by atoms with Crippen molar-refractivity contribution in [1.82, 2.24) is 20.0 Å². The fourth-order valence-corrected chi connectivity index (χ4v) is 2.60. The lowest BCUT2D eigenvalue weighted by atomic mass is 9.85. The van der Waals surface area contributed by atoms with Crippen molar-refractivity contribution in [2.75, 3.05) is 13.1 Å². The van der Waals surface area contributed by atoms with Gasteiger partial charge in [-0.05, 0) is 26.3 Å². The molecule has 1 aromatic heterocycles. The van der Waals surface area contributed by atoms with Gasteiger partial charge in [-0.25, -0.2) is 0 Å². The largest absolute Gasteiger partial charge is 0.480 e. The van der Waals surface area contributed by atoms with Crippen molar-refractivity contribution in [3.8, 4) is 0 Å². The van der Waals surface area contributed by atoms with Gasteiger partial charge >= 0.3 is 5.97 Å². The molecule has 1 aliphatic rings. The topological polar surface area (TPSA) is 87.5 Å². The van der Waals surface area contributed by atoms with Gasteiger partial charge in [0.1, 0.15) is 0 Å². The number of hydrogen-bond acceptors (Lipinski definition) is 4. The van der Waals surface area contributed by atoms with Crippen molar-refractivity contribution in [2.45, 2.75) is 45.3 Å². The van der Waals surface area contributed by atoms with Crippen LogP contribution < -0.4 is 5.32 Å². The van der Waals surface area contributed by atoms with Crippen LogP contribution in [0.3, 0.4) is 0 Å². The molecular formula is C14H22N4O3. The van der Waals surface area contributed by atoms with Crippen LogP contribution in [0.15, 0.2) is 12.4 Å². The average molecular weight is 294 g/mol. The van der Waals surface area contributed by atoms with E-state index in [1.165, 1.54) is 0 Å². The summed E-state index contributed by atoms with van der Waals surface area (Å²) in [5.74, 6) is -0.921. The highest BCUT2D eigenvalue weighted by Crippen LogP contribution is 2.25. The molecule has 0 bridgehead atoms. The number of carboxylic acid groups (broad SMARTS) is 1. The molecule has 0 atom stereocenters. The van der Waals surface area contributed by atoms with Gasteiger partial charge in [0.15, 0.2) is 0 Å². The zero-order valence-corrected chi connectivity index (χ0v) is 12.5. The van der Waals surface area contributed by atoms with E-state index >= 15 is 0 Å². The summed E-state index contributed by atoms with van der Waals surface area (Å²) in [6.45, 7) is 5.42. The van der Waals surface area contributed by atoms with Crippen molar-refractivity contribution in [2.24, 2.45) is 0 Å². The number of carbonyl (C=O) groups is 2. The minimum absolute atomic E-state index is 0.0606. The molecule has 0 aliphatic heterocycles. The van der Waals surface area contributed by atoms with Crippen LogP contribution in [0.5, 0.6) is 0 Å². The summed E-state index contributed by atoms with van der Waals surface area (Å²) >= 11 is 0. The Morgan fingerprint density at radius 2 is 2.19 bits per heavy atom. The Bertz CT molecular complexity index is 508. The number of carbonyl (C=O) groups excluding carboxylic acids is 1. The molecule has 7 nitrogen and oxygen atoms in total. The lowest BCUT2D eigenvalue weighted by Gasteiger charge is -2.42. The number of aryl methyl sites for hydroxylation is 1. The third-order valence-electron chi connectivity index (χ3n) is 3.93. The maximum absolute atomic E-state index is 12.0. The smallest absolute Gasteiger partial charge is 0.317 e. The number of aromatic nitrogens is 2. The van der Waals surface area contributed by atoms with Gasteiger partial charge in [-0.1, -0.05) is 6.92 Å². The molecule has 0 radical (unpaired) electrons.